The molecule has 1 aliphatic rings. The maximum atomic E-state index is 5.82. The number of likely N-dealkylation sites (N-methyl/N-ethyl adjacent to an activating group) is 1. The first kappa shape index (κ1) is 6.69. The fraction of sp³-hybridized carbons (Fsp3) is 0.429. The van der Waals surface area contributed by atoms with Crippen LogP contribution in [0, 0.1) is 0 Å². The van der Waals surface area contributed by atoms with Crippen molar-refractivity contribution >= 4 is 11.6 Å². The molecule has 9 heavy (non-hydrogen) atoms. The first-order valence-electron chi connectivity index (χ1n) is 3.12. The maximum Gasteiger partial charge on any atom is 0.105 e. The molecule has 0 fully saturated rings. The molecule has 1 nitrogen and oxygen atoms in total. The summed E-state index contributed by atoms with van der Waals surface area (Å²) in [5.74, 6) is 0. The highest BCUT2D eigenvalue weighted by atomic mass is 35.5. The highest BCUT2D eigenvalue weighted by Crippen LogP contribution is 2.12. The van der Waals surface area contributed by atoms with Crippen molar-refractivity contribution in [3.63, 3.8) is 0 Å². The van der Waals surface area contributed by atoms with Gasteiger partial charge in [0.2, 0.25) is 0 Å². The molecule has 2 heteroatoms. The van der Waals surface area contributed by atoms with Gasteiger partial charge in [0.15, 0.2) is 0 Å². The van der Waals surface area contributed by atoms with Crippen LogP contribution in [0.5, 0.6) is 0 Å². The smallest absolute Gasteiger partial charge is 0.105 e. The van der Waals surface area contributed by atoms with Gasteiger partial charge < -0.3 is 4.90 Å². The van der Waals surface area contributed by atoms with Crippen molar-refractivity contribution in [2.45, 2.75) is 6.92 Å². The minimum absolute atomic E-state index is 0.847. The van der Waals surface area contributed by atoms with Crippen molar-refractivity contribution in [2.24, 2.45) is 0 Å². The Bertz CT molecular complexity index is 149. The van der Waals surface area contributed by atoms with Crippen LogP contribution in [-0.4, -0.2) is 18.0 Å². The molecule has 0 atom stereocenters. The molecule has 1 rings (SSSR count). The van der Waals surface area contributed by atoms with Crippen LogP contribution >= 0.6 is 11.6 Å². The average molecular weight is 144 g/mol. The molecule has 0 aromatic heterocycles. The van der Waals surface area contributed by atoms with E-state index < -0.39 is 0 Å². The summed E-state index contributed by atoms with van der Waals surface area (Å²) in [6.07, 6.45) is 5.98. The third kappa shape index (κ3) is 1.49. The van der Waals surface area contributed by atoms with Crippen LogP contribution in [0.15, 0.2) is 23.4 Å². The van der Waals surface area contributed by atoms with Crippen LogP contribution < -0.4 is 0 Å². The standard InChI is InChI=1S/C7H10ClN/c1-2-9-6-4-3-5-7(9)8/h3-5H,2,6H2,1H3. The van der Waals surface area contributed by atoms with Crippen LogP contribution in [0.1, 0.15) is 6.92 Å². The average Bonchev–Trinajstić information content (AvgIpc) is 1.89. The molecule has 0 N–H and O–H groups in total. The third-order valence-corrected chi connectivity index (χ3v) is 1.74. The van der Waals surface area contributed by atoms with Gasteiger partial charge in [0.25, 0.3) is 0 Å². The summed E-state index contributed by atoms with van der Waals surface area (Å²) in [4.78, 5) is 2.10. The lowest BCUT2D eigenvalue weighted by Gasteiger charge is -2.21. The summed E-state index contributed by atoms with van der Waals surface area (Å²) < 4.78 is 0. The van der Waals surface area contributed by atoms with E-state index in [9.17, 15) is 0 Å². The van der Waals surface area contributed by atoms with Gasteiger partial charge in [-0.15, -0.1) is 0 Å². The lowest BCUT2D eigenvalue weighted by Crippen LogP contribution is -2.21. The number of nitrogens with zero attached hydrogens (tertiary/aromatic N) is 1. The third-order valence-electron chi connectivity index (χ3n) is 1.38. The lowest BCUT2D eigenvalue weighted by atomic mass is 10.3. The molecule has 0 radical (unpaired) electrons. The fourth-order valence-electron chi connectivity index (χ4n) is 0.808. The molecule has 50 valence electrons. The van der Waals surface area contributed by atoms with E-state index in [-0.39, 0.29) is 0 Å². The van der Waals surface area contributed by atoms with Gasteiger partial charge >= 0.3 is 0 Å². The Morgan fingerprint density at radius 3 is 3.00 bits per heavy atom. The van der Waals surface area contributed by atoms with Crippen LogP contribution in [0.3, 0.4) is 0 Å². The first-order valence-corrected chi connectivity index (χ1v) is 3.49. The van der Waals surface area contributed by atoms with Crippen LogP contribution in [0.2, 0.25) is 0 Å². The van der Waals surface area contributed by atoms with E-state index in [1.807, 2.05) is 12.2 Å². The van der Waals surface area contributed by atoms with E-state index in [1.54, 1.807) is 0 Å². The van der Waals surface area contributed by atoms with Gasteiger partial charge in [-0.1, -0.05) is 23.8 Å². The van der Waals surface area contributed by atoms with Crippen molar-refractivity contribution in [3.05, 3.63) is 23.4 Å². The number of hydrogen-bond donors (Lipinski definition) is 0. The molecular weight excluding hydrogens is 134 g/mol. The maximum absolute atomic E-state index is 5.82. The highest BCUT2D eigenvalue weighted by Gasteiger charge is 2.03. The molecule has 0 spiro atoms. The van der Waals surface area contributed by atoms with Crippen molar-refractivity contribution < 1.29 is 0 Å². The van der Waals surface area contributed by atoms with E-state index in [0.717, 1.165) is 18.2 Å². The quantitative estimate of drug-likeness (QED) is 0.508. The van der Waals surface area contributed by atoms with Gasteiger partial charge in [-0.25, -0.2) is 0 Å². The second-order valence-electron chi connectivity index (χ2n) is 1.96. The predicted molar refractivity (Wildman–Crippen MR) is 40.3 cm³/mol. The summed E-state index contributed by atoms with van der Waals surface area (Å²) >= 11 is 5.82. The Balaban J connectivity index is 2.59. The fourth-order valence-corrected chi connectivity index (χ4v) is 1.07. The molecule has 0 aliphatic carbocycles. The summed E-state index contributed by atoms with van der Waals surface area (Å²) in [5.41, 5.74) is 0. The molecule has 1 heterocycles. The molecule has 0 aromatic rings. The molecule has 0 saturated carbocycles. The SMILES string of the molecule is CCN1CC=CC=C1Cl. The molecule has 0 unspecified atom stereocenters. The van der Waals surface area contributed by atoms with Gasteiger partial charge in [0.05, 0.1) is 0 Å². The zero-order valence-electron chi connectivity index (χ0n) is 5.47. The Hall–Kier alpha value is -0.430. The molecular formula is C7H10ClN. The topological polar surface area (TPSA) is 3.24 Å². The number of allylic oxidation sites excluding steroid dienone is 2. The van der Waals surface area contributed by atoms with Gasteiger partial charge in [-0.2, -0.15) is 0 Å². The van der Waals surface area contributed by atoms with Crippen molar-refractivity contribution in [1.29, 1.82) is 0 Å². The zero-order valence-corrected chi connectivity index (χ0v) is 6.23. The second-order valence-corrected chi connectivity index (χ2v) is 2.34. The van der Waals surface area contributed by atoms with Gasteiger partial charge in [0, 0.05) is 13.1 Å². The lowest BCUT2D eigenvalue weighted by molar-refractivity contribution is 0.422. The van der Waals surface area contributed by atoms with Gasteiger partial charge in [-0.3, -0.25) is 0 Å². The monoisotopic (exact) mass is 143 g/mol. The first-order chi connectivity index (χ1) is 4.34. The number of rotatable bonds is 1. The van der Waals surface area contributed by atoms with Gasteiger partial charge in [-0.05, 0) is 13.0 Å². The summed E-state index contributed by atoms with van der Waals surface area (Å²) in [6, 6.07) is 0. The Labute approximate surface area is 60.6 Å². The molecule has 1 aliphatic heterocycles. The van der Waals surface area contributed by atoms with Crippen LogP contribution in [-0.2, 0) is 0 Å². The van der Waals surface area contributed by atoms with Crippen molar-refractivity contribution in [1.82, 2.24) is 4.90 Å². The van der Waals surface area contributed by atoms with E-state index in [1.165, 1.54) is 0 Å². The summed E-state index contributed by atoms with van der Waals surface area (Å²) in [6.45, 7) is 4.03. The molecule has 0 aromatic carbocycles. The second kappa shape index (κ2) is 2.92. The number of hydrogen-bond acceptors (Lipinski definition) is 1. The van der Waals surface area contributed by atoms with Crippen LogP contribution in [0.25, 0.3) is 0 Å². The summed E-state index contributed by atoms with van der Waals surface area (Å²) in [5, 5.41) is 0.847. The normalized spacial score (nSPS) is 18.0. The van der Waals surface area contributed by atoms with E-state index in [0.29, 0.717) is 0 Å². The molecule has 0 saturated heterocycles. The van der Waals surface area contributed by atoms with Crippen molar-refractivity contribution in [3.8, 4) is 0 Å². The predicted octanol–water partition coefficient (Wildman–Crippen LogP) is 1.96. The van der Waals surface area contributed by atoms with E-state index in [2.05, 4.69) is 17.9 Å². The molecule has 0 amide bonds. The minimum atomic E-state index is 0.847. The largest absolute Gasteiger partial charge is 0.359 e. The minimum Gasteiger partial charge on any atom is -0.359 e. The Morgan fingerprint density at radius 2 is 2.56 bits per heavy atom. The molecule has 0 bridgehead atoms. The Morgan fingerprint density at radius 1 is 1.78 bits per heavy atom. The van der Waals surface area contributed by atoms with Crippen LogP contribution in [0.4, 0.5) is 0 Å². The summed E-state index contributed by atoms with van der Waals surface area (Å²) in [7, 11) is 0. The zero-order chi connectivity index (χ0) is 6.69. The number of halogens is 1. The highest BCUT2D eigenvalue weighted by molar-refractivity contribution is 6.29. The van der Waals surface area contributed by atoms with E-state index in [4.69, 9.17) is 11.6 Å². The Kier molecular flexibility index (Phi) is 2.17. The van der Waals surface area contributed by atoms with E-state index >= 15 is 0 Å². The van der Waals surface area contributed by atoms with Gasteiger partial charge in [0.1, 0.15) is 5.16 Å². The van der Waals surface area contributed by atoms with Crippen molar-refractivity contribution in [2.75, 3.05) is 13.1 Å².